The molecule has 1 saturated carbocycles. The van der Waals surface area contributed by atoms with Gasteiger partial charge >= 0.3 is 0 Å². The van der Waals surface area contributed by atoms with E-state index in [1.807, 2.05) is 12.1 Å². The third kappa shape index (κ3) is 6.21. The minimum Gasteiger partial charge on any atom is -0.353 e. The van der Waals surface area contributed by atoms with Crippen LogP contribution in [0.25, 0.3) is 0 Å². The highest BCUT2D eigenvalue weighted by Gasteiger charge is 2.39. The molecule has 3 aliphatic rings. The number of piperazine rings is 1. The van der Waals surface area contributed by atoms with E-state index in [1.54, 1.807) is 6.20 Å². The molecule has 10 nitrogen and oxygen atoms in total. The van der Waals surface area contributed by atoms with E-state index >= 15 is 0 Å². The van der Waals surface area contributed by atoms with Gasteiger partial charge in [-0.25, -0.2) is 0 Å². The SMILES string of the molecule is CN1CCN([C@H](C(=O)Nc2nnc(N(C)[C@@H]3CCN(c4cccnn4)C3)s2)C2CCC(C)(C)CC2)CC1. The Bertz CT molecular complexity index is 1030. The van der Waals surface area contributed by atoms with Crippen molar-refractivity contribution in [2.45, 2.75) is 58.0 Å². The first-order chi connectivity index (χ1) is 17.8. The van der Waals surface area contributed by atoms with Gasteiger partial charge in [0.25, 0.3) is 0 Å². The van der Waals surface area contributed by atoms with Crippen LogP contribution in [0.1, 0.15) is 46.0 Å². The van der Waals surface area contributed by atoms with Crippen molar-refractivity contribution in [1.82, 2.24) is 30.2 Å². The van der Waals surface area contributed by atoms with Crippen molar-refractivity contribution >= 4 is 33.3 Å². The summed E-state index contributed by atoms with van der Waals surface area (Å²) in [5.74, 6) is 1.37. The molecule has 2 saturated heterocycles. The maximum absolute atomic E-state index is 13.7. The maximum Gasteiger partial charge on any atom is 0.243 e. The van der Waals surface area contributed by atoms with Gasteiger partial charge in [0, 0.05) is 52.5 Å². The van der Waals surface area contributed by atoms with Crippen molar-refractivity contribution in [3.8, 4) is 0 Å². The number of carbonyl (C=O) groups excluding carboxylic acids is 1. The van der Waals surface area contributed by atoms with Crippen LogP contribution >= 0.6 is 11.3 Å². The number of aromatic nitrogens is 4. The minimum absolute atomic E-state index is 0.0781. The smallest absolute Gasteiger partial charge is 0.243 e. The Hall–Kier alpha value is -2.37. The fourth-order valence-corrected chi connectivity index (χ4v) is 6.77. The monoisotopic (exact) mass is 527 g/mol. The molecule has 1 N–H and O–H groups in total. The molecule has 0 bridgehead atoms. The Balaban J connectivity index is 1.23. The topological polar surface area (TPSA) is 93.6 Å². The standard InChI is InChI=1S/C26H41N9OS/c1-26(2)10-7-19(8-11-26)22(34-16-14-32(3)15-17-34)23(36)28-24-30-31-25(37-24)33(4)20-9-13-35(18-20)21-6-5-12-27-29-21/h5-6,12,19-20,22H,7-11,13-18H2,1-4H3,(H,28,30,36)/t20-,22+/m1/s1. The van der Waals surface area contributed by atoms with Crippen LogP contribution in [0.15, 0.2) is 18.3 Å². The van der Waals surface area contributed by atoms with Crippen LogP contribution < -0.4 is 15.1 Å². The molecule has 2 atom stereocenters. The maximum atomic E-state index is 13.7. The fourth-order valence-electron chi connectivity index (χ4n) is 5.99. The number of likely N-dealkylation sites (N-methyl/N-ethyl adjacent to an activating group) is 2. The summed E-state index contributed by atoms with van der Waals surface area (Å²) in [6.07, 6.45) is 7.27. The molecule has 4 heterocycles. The summed E-state index contributed by atoms with van der Waals surface area (Å²) in [5.41, 5.74) is 0.376. The van der Waals surface area contributed by atoms with Crippen molar-refractivity contribution in [3.05, 3.63) is 18.3 Å². The highest BCUT2D eigenvalue weighted by molar-refractivity contribution is 7.19. The Morgan fingerprint density at radius 3 is 2.57 bits per heavy atom. The first kappa shape index (κ1) is 26.2. The van der Waals surface area contributed by atoms with Crippen LogP contribution in [-0.4, -0.2) is 102 Å². The summed E-state index contributed by atoms with van der Waals surface area (Å²) in [7, 11) is 4.22. The molecule has 11 heteroatoms. The number of nitrogens with zero attached hydrogens (tertiary/aromatic N) is 8. The third-order valence-electron chi connectivity index (χ3n) is 8.57. The van der Waals surface area contributed by atoms with Crippen LogP contribution in [0.4, 0.5) is 16.1 Å². The molecule has 1 amide bonds. The summed E-state index contributed by atoms with van der Waals surface area (Å²) < 4.78 is 0. The highest BCUT2D eigenvalue weighted by atomic mass is 32.1. The van der Waals surface area contributed by atoms with E-state index in [0.29, 0.717) is 22.5 Å². The Kier molecular flexibility index (Phi) is 7.92. The van der Waals surface area contributed by atoms with E-state index in [9.17, 15) is 4.79 Å². The van der Waals surface area contributed by atoms with E-state index in [-0.39, 0.29) is 11.9 Å². The van der Waals surface area contributed by atoms with E-state index < -0.39 is 0 Å². The second-order valence-electron chi connectivity index (χ2n) is 11.7. The Morgan fingerprint density at radius 1 is 1.11 bits per heavy atom. The van der Waals surface area contributed by atoms with E-state index in [0.717, 1.165) is 69.5 Å². The van der Waals surface area contributed by atoms with Gasteiger partial charge < -0.3 is 14.7 Å². The lowest BCUT2D eigenvalue weighted by Gasteiger charge is -2.44. The van der Waals surface area contributed by atoms with Gasteiger partial charge in [0.15, 0.2) is 5.82 Å². The normalized spacial score (nSPS) is 24.2. The first-order valence-electron chi connectivity index (χ1n) is 13.6. The summed E-state index contributed by atoms with van der Waals surface area (Å²) in [4.78, 5) is 22.9. The molecule has 2 aromatic heterocycles. The quantitative estimate of drug-likeness (QED) is 0.583. The Morgan fingerprint density at radius 2 is 1.86 bits per heavy atom. The van der Waals surface area contributed by atoms with Crippen molar-refractivity contribution < 1.29 is 4.79 Å². The van der Waals surface area contributed by atoms with Crippen molar-refractivity contribution in [2.24, 2.45) is 11.3 Å². The predicted octanol–water partition coefficient (Wildman–Crippen LogP) is 2.81. The van der Waals surface area contributed by atoms with Crippen LogP contribution in [-0.2, 0) is 4.79 Å². The zero-order valence-corrected chi connectivity index (χ0v) is 23.5. The molecule has 5 rings (SSSR count). The van der Waals surface area contributed by atoms with Gasteiger partial charge in [0.05, 0.1) is 12.1 Å². The lowest BCUT2D eigenvalue weighted by atomic mass is 9.70. The van der Waals surface area contributed by atoms with Crippen molar-refractivity contribution in [3.63, 3.8) is 0 Å². The van der Waals surface area contributed by atoms with Crippen LogP contribution in [0, 0.1) is 11.3 Å². The largest absolute Gasteiger partial charge is 0.353 e. The predicted molar refractivity (Wildman–Crippen MR) is 148 cm³/mol. The first-order valence-corrected chi connectivity index (χ1v) is 14.4. The van der Waals surface area contributed by atoms with Crippen LogP contribution in [0.3, 0.4) is 0 Å². The second-order valence-corrected chi connectivity index (χ2v) is 12.7. The van der Waals surface area contributed by atoms with Gasteiger partial charge in [-0.15, -0.1) is 15.3 Å². The van der Waals surface area contributed by atoms with E-state index in [2.05, 4.69) is 73.3 Å². The van der Waals surface area contributed by atoms with E-state index in [1.165, 1.54) is 24.2 Å². The van der Waals surface area contributed by atoms with E-state index in [4.69, 9.17) is 0 Å². The van der Waals surface area contributed by atoms with Gasteiger partial charge in [-0.2, -0.15) is 5.10 Å². The number of anilines is 3. The van der Waals surface area contributed by atoms with Gasteiger partial charge in [-0.05, 0) is 62.6 Å². The van der Waals surface area contributed by atoms with Gasteiger partial charge in [-0.1, -0.05) is 25.2 Å². The molecular formula is C26H41N9OS. The van der Waals surface area contributed by atoms with Crippen molar-refractivity contribution in [2.75, 3.05) is 68.5 Å². The van der Waals surface area contributed by atoms with Gasteiger partial charge in [0.1, 0.15) is 0 Å². The third-order valence-corrected chi connectivity index (χ3v) is 9.50. The number of nitrogens with one attached hydrogen (secondary N) is 1. The lowest BCUT2D eigenvalue weighted by molar-refractivity contribution is -0.125. The molecule has 2 aliphatic heterocycles. The highest BCUT2D eigenvalue weighted by Crippen LogP contribution is 2.40. The number of hydrogen-bond donors (Lipinski definition) is 1. The molecule has 3 fully saturated rings. The molecule has 0 unspecified atom stereocenters. The summed E-state index contributed by atoms with van der Waals surface area (Å²) in [5, 5.41) is 21.6. The molecule has 0 radical (unpaired) electrons. The second kappa shape index (κ2) is 11.2. The zero-order valence-electron chi connectivity index (χ0n) is 22.6. The lowest BCUT2D eigenvalue weighted by Crippen LogP contribution is -2.56. The number of amides is 1. The summed E-state index contributed by atoms with van der Waals surface area (Å²) in [6.45, 7) is 10.4. The molecule has 202 valence electrons. The molecule has 2 aromatic rings. The van der Waals surface area contributed by atoms with Crippen molar-refractivity contribution in [1.29, 1.82) is 0 Å². The molecule has 1 aliphatic carbocycles. The zero-order chi connectivity index (χ0) is 26.0. The molecule has 0 spiro atoms. The average molecular weight is 528 g/mol. The van der Waals surface area contributed by atoms with Crippen LogP contribution in [0.2, 0.25) is 0 Å². The molecule has 0 aromatic carbocycles. The minimum atomic E-state index is -0.106. The van der Waals surface area contributed by atoms with Crippen LogP contribution in [0.5, 0.6) is 0 Å². The molecular weight excluding hydrogens is 486 g/mol. The number of hydrogen-bond acceptors (Lipinski definition) is 10. The number of rotatable bonds is 7. The number of carbonyl (C=O) groups is 1. The fraction of sp³-hybridized carbons (Fsp3) is 0.731. The summed E-state index contributed by atoms with van der Waals surface area (Å²) in [6, 6.07) is 4.12. The Labute approximate surface area is 224 Å². The van der Waals surface area contributed by atoms with Gasteiger partial charge in [0.2, 0.25) is 16.2 Å². The molecule has 37 heavy (non-hydrogen) atoms. The average Bonchev–Trinajstić information content (AvgIpc) is 3.57. The van der Waals surface area contributed by atoms with Gasteiger partial charge in [-0.3, -0.25) is 15.0 Å². The summed E-state index contributed by atoms with van der Waals surface area (Å²) >= 11 is 1.46.